The third-order valence-corrected chi connectivity index (χ3v) is 4.61. The number of nitrogens with zero attached hydrogens (tertiary/aromatic N) is 1. The van der Waals surface area contributed by atoms with Gasteiger partial charge >= 0.3 is 0 Å². The van der Waals surface area contributed by atoms with Gasteiger partial charge in [-0.15, -0.1) is 0 Å². The van der Waals surface area contributed by atoms with Crippen molar-refractivity contribution >= 4 is 22.5 Å². The van der Waals surface area contributed by atoms with Crippen LogP contribution >= 0.6 is 11.6 Å². The SMILES string of the molecule is Cc1c(-c2ccc(F)cc2)nc2ccc(Cl)cc2c1-c1ccccc1. The van der Waals surface area contributed by atoms with E-state index in [0.29, 0.717) is 5.02 Å². The minimum Gasteiger partial charge on any atom is -0.247 e. The van der Waals surface area contributed by atoms with Crippen LogP contribution in [0.1, 0.15) is 5.56 Å². The molecule has 0 atom stereocenters. The monoisotopic (exact) mass is 347 g/mol. The highest BCUT2D eigenvalue weighted by Crippen LogP contribution is 2.37. The van der Waals surface area contributed by atoms with Gasteiger partial charge in [-0.25, -0.2) is 9.37 Å². The lowest BCUT2D eigenvalue weighted by molar-refractivity contribution is 0.628. The quantitative estimate of drug-likeness (QED) is 0.394. The van der Waals surface area contributed by atoms with Crippen molar-refractivity contribution in [3.05, 3.63) is 89.2 Å². The molecule has 4 rings (SSSR count). The lowest BCUT2D eigenvalue weighted by atomic mass is 9.93. The molecule has 1 heterocycles. The molecule has 4 aromatic rings. The fourth-order valence-electron chi connectivity index (χ4n) is 3.20. The number of aromatic nitrogens is 1. The summed E-state index contributed by atoms with van der Waals surface area (Å²) in [5, 5.41) is 1.70. The maximum Gasteiger partial charge on any atom is 0.123 e. The van der Waals surface area contributed by atoms with Crippen molar-refractivity contribution < 1.29 is 4.39 Å². The Balaban J connectivity index is 2.08. The summed E-state index contributed by atoms with van der Waals surface area (Å²) in [5.41, 5.74) is 5.88. The summed E-state index contributed by atoms with van der Waals surface area (Å²) in [6.45, 7) is 2.05. The van der Waals surface area contributed by atoms with Crippen LogP contribution in [0, 0.1) is 12.7 Å². The van der Waals surface area contributed by atoms with Gasteiger partial charge in [-0.1, -0.05) is 41.9 Å². The average molecular weight is 348 g/mol. The molecule has 0 spiro atoms. The number of halogens is 2. The molecule has 0 saturated carbocycles. The van der Waals surface area contributed by atoms with Crippen molar-refractivity contribution in [2.24, 2.45) is 0 Å². The standard InChI is InChI=1S/C22H15ClFN/c1-14-21(15-5-3-2-4-6-15)19-13-17(23)9-12-20(19)25-22(14)16-7-10-18(24)11-8-16/h2-13H,1H3. The molecule has 122 valence electrons. The molecule has 0 bridgehead atoms. The zero-order valence-corrected chi connectivity index (χ0v) is 14.4. The second-order valence-electron chi connectivity index (χ2n) is 5.99. The van der Waals surface area contributed by atoms with Gasteiger partial charge < -0.3 is 0 Å². The van der Waals surface area contributed by atoms with E-state index in [4.69, 9.17) is 16.6 Å². The molecule has 25 heavy (non-hydrogen) atoms. The van der Waals surface area contributed by atoms with Gasteiger partial charge in [0.15, 0.2) is 0 Å². The van der Waals surface area contributed by atoms with E-state index in [9.17, 15) is 4.39 Å². The second-order valence-corrected chi connectivity index (χ2v) is 6.43. The van der Waals surface area contributed by atoms with Crippen molar-refractivity contribution in [2.75, 3.05) is 0 Å². The zero-order valence-electron chi connectivity index (χ0n) is 13.6. The minimum atomic E-state index is -0.253. The largest absolute Gasteiger partial charge is 0.247 e. The van der Waals surface area contributed by atoms with Crippen LogP contribution in [-0.4, -0.2) is 4.98 Å². The van der Waals surface area contributed by atoms with Gasteiger partial charge in [0.2, 0.25) is 0 Å². The van der Waals surface area contributed by atoms with Gasteiger partial charge in [0.25, 0.3) is 0 Å². The molecule has 1 nitrogen and oxygen atoms in total. The Morgan fingerprint density at radius 1 is 0.840 bits per heavy atom. The number of pyridine rings is 1. The molecule has 0 saturated heterocycles. The Kier molecular flexibility index (Phi) is 3.98. The van der Waals surface area contributed by atoms with Crippen molar-refractivity contribution in [3.8, 4) is 22.4 Å². The molecular weight excluding hydrogens is 333 g/mol. The molecular formula is C22H15ClFN. The summed E-state index contributed by atoms with van der Waals surface area (Å²) in [4.78, 5) is 4.82. The molecule has 0 N–H and O–H groups in total. The molecule has 1 aromatic heterocycles. The summed E-state index contributed by atoms with van der Waals surface area (Å²) < 4.78 is 13.3. The third kappa shape index (κ3) is 2.90. The summed E-state index contributed by atoms with van der Waals surface area (Å²) in [5.74, 6) is -0.253. The second kappa shape index (κ2) is 6.30. The maximum atomic E-state index is 13.3. The minimum absolute atomic E-state index is 0.253. The number of benzene rings is 3. The lowest BCUT2D eigenvalue weighted by Crippen LogP contribution is -1.95. The van der Waals surface area contributed by atoms with Gasteiger partial charge in [0.05, 0.1) is 11.2 Å². The molecule has 0 aliphatic heterocycles. The van der Waals surface area contributed by atoms with Crippen LogP contribution in [0.2, 0.25) is 5.02 Å². The molecule has 3 heteroatoms. The highest BCUT2D eigenvalue weighted by Gasteiger charge is 2.15. The summed E-state index contributed by atoms with van der Waals surface area (Å²) in [7, 11) is 0. The maximum absolute atomic E-state index is 13.3. The summed E-state index contributed by atoms with van der Waals surface area (Å²) in [6, 6.07) is 22.4. The third-order valence-electron chi connectivity index (χ3n) is 4.37. The van der Waals surface area contributed by atoms with Crippen LogP contribution in [0.4, 0.5) is 4.39 Å². The van der Waals surface area contributed by atoms with Crippen molar-refractivity contribution in [1.82, 2.24) is 4.98 Å². The Hall–Kier alpha value is -2.71. The number of rotatable bonds is 2. The normalized spacial score (nSPS) is 11.0. The van der Waals surface area contributed by atoms with Crippen molar-refractivity contribution in [3.63, 3.8) is 0 Å². The highest BCUT2D eigenvalue weighted by atomic mass is 35.5. The Morgan fingerprint density at radius 2 is 1.56 bits per heavy atom. The molecule has 0 amide bonds. The van der Waals surface area contributed by atoms with E-state index in [0.717, 1.165) is 38.9 Å². The van der Waals surface area contributed by atoms with E-state index in [2.05, 4.69) is 12.1 Å². The zero-order chi connectivity index (χ0) is 17.4. The Morgan fingerprint density at radius 3 is 2.28 bits per heavy atom. The first kappa shape index (κ1) is 15.8. The first-order chi connectivity index (χ1) is 12.1. The molecule has 0 unspecified atom stereocenters. The molecule has 3 aromatic carbocycles. The predicted octanol–water partition coefficient (Wildman–Crippen LogP) is 6.67. The van der Waals surface area contributed by atoms with Gasteiger partial charge in [-0.05, 0) is 66.1 Å². The molecule has 0 aliphatic rings. The first-order valence-corrected chi connectivity index (χ1v) is 8.42. The predicted molar refractivity (Wildman–Crippen MR) is 102 cm³/mol. The average Bonchev–Trinajstić information content (AvgIpc) is 2.63. The van der Waals surface area contributed by atoms with E-state index in [1.807, 2.05) is 43.3 Å². The molecule has 0 aliphatic carbocycles. The van der Waals surface area contributed by atoms with Crippen LogP contribution in [0.5, 0.6) is 0 Å². The van der Waals surface area contributed by atoms with Crippen LogP contribution in [0.15, 0.2) is 72.8 Å². The fourth-order valence-corrected chi connectivity index (χ4v) is 3.37. The van der Waals surface area contributed by atoms with Crippen LogP contribution in [0.25, 0.3) is 33.3 Å². The van der Waals surface area contributed by atoms with Crippen molar-refractivity contribution in [1.29, 1.82) is 0 Å². The number of fused-ring (bicyclic) bond motifs is 1. The van der Waals surface area contributed by atoms with E-state index in [1.165, 1.54) is 12.1 Å². The van der Waals surface area contributed by atoms with Gasteiger partial charge in [-0.2, -0.15) is 0 Å². The number of hydrogen-bond donors (Lipinski definition) is 0. The number of hydrogen-bond acceptors (Lipinski definition) is 1. The van der Waals surface area contributed by atoms with Crippen molar-refractivity contribution in [2.45, 2.75) is 6.92 Å². The van der Waals surface area contributed by atoms with Gasteiger partial charge in [0, 0.05) is 16.0 Å². The fraction of sp³-hybridized carbons (Fsp3) is 0.0455. The summed E-state index contributed by atoms with van der Waals surface area (Å²) in [6.07, 6.45) is 0. The van der Waals surface area contributed by atoms with E-state index < -0.39 is 0 Å². The molecule has 0 radical (unpaired) electrons. The topological polar surface area (TPSA) is 12.9 Å². The van der Waals surface area contributed by atoms with E-state index >= 15 is 0 Å². The molecule has 0 fully saturated rings. The van der Waals surface area contributed by atoms with Crippen LogP contribution < -0.4 is 0 Å². The Labute approximate surface area is 150 Å². The van der Waals surface area contributed by atoms with Crippen LogP contribution in [-0.2, 0) is 0 Å². The smallest absolute Gasteiger partial charge is 0.123 e. The summed E-state index contributed by atoms with van der Waals surface area (Å²) >= 11 is 6.24. The van der Waals surface area contributed by atoms with Gasteiger partial charge in [0.1, 0.15) is 5.82 Å². The first-order valence-electron chi connectivity index (χ1n) is 8.05. The Bertz CT molecular complexity index is 1060. The van der Waals surface area contributed by atoms with E-state index in [-0.39, 0.29) is 5.82 Å². The lowest BCUT2D eigenvalue weighted by Gasteiger charge is -2.15. The van der Waals surface area contributed by atoms with E-state index in [1.54, 1.807) is 12.1 Å². The van der Waals surface area contributed by atoms with Gasteiger partial charge in [-0.3, -0.25) is 0 Å². The highest BCUT2D eigenvalue weighted by molar-refractivity contribution is 6.31. The van der Waals surface area contributed by atoms with Crippen LogP contribution in [0.3, 0.4) is 0 Å².